The van der Waals surface area contributed by atoms with E-state index in [9.17, 15) is 12.9 Å². The maximum Gasteiger partial charge on any atom is 0.762 e. The van der Waals surface area contributed by atoms with Crippen molar-refractivity contribution in [1.82, 2.24) is 4.58 Å². The van der Waals surface area contributed by atoms with Gasteiger partial charge in [-0.1, -0.05) is 96.1 Å². The summed E-state index contributed by atoms with van der Waals surface area (Å²) in [5, 5.41) is 2.79. The van der Waals surface area contributed by atoms with Crippen LogP contribution in [0.3, 0.4) is 0 Å². The summed E-state index contributed by atoms with van der Waals surface area (Å²) in [7, 11) is -3.67. The first-order chi connectivity index (χ1) is 21.3. The Bertz CT molecular complexity index is 1720. The van der Waals surface area contributed by atoms with Crippen molar-refractivity contribution in [1.29, 1.82) is 0 Å². The molecule has 7 heteroatoms. The van der Waals surface area contributed by atoms with Crippen molar-refractivity contribution in [2.75, 3.05) is 13.1 Å². The normalized spacial score (nSPS) is 16.5. The highest BCUT2D eigenvalue weighted by Gasteiger charge is 2.23. The molecule has 0 saturated heterocycles. The molecule has 0 N–H and O–H groups in total. The number of aryl methyl sites for hydroxylation is 2. The Morgan fingerprint density at radius 3 is 1.65 bits per heavy atom. The van der Waals surface area contributed by atoms with E-state index in [-0.39, 0.29) is 15.5 Å². The highest BCUT2D eigenvalue weighted by atomic mass is 19.4. The Kier molecular flexibility index (Phi) is 10.9. The fourth-order valence-electron chi connectivity index (χ4n) is 6.32. The van der Waals surface area contributed by atoms with Crippen molar-refractivity contribution in [2.24, 2.45) is 0 Å². The zero-order chi connectivity index (χ0) is 32.4. The first-order valence-electron chi connectivity index (χ1n) is 16.0. The van der Waals surface area contributed by atoms with Crippen LogP contribution in [-0.2, 0) is 28.4 Å². The van der Waals surface area contributed by atoms with Crippen LogP contribution in [0, 0.1) is 0 Å². The molecule has 0 atom stereocenters. The van der Waals surface area contributed by atoms with Gasteiger partial charge in [0.1, 0.15) is 24.6 Å². The Morgan fingerprint density at radius 1 is 0.696 bits per heavy atom. The third kappa shape index (κ3) is 8.48. The van der Waals surface area contributed by atoms with Gasteiger partial charge in [0.2, 0.25) is 5.36 Å². The molecule has 0 amide bonds. The molecule has 0 spiro atoms. The highest BCUT2D eigenvalue weighted by Crippen LogP contribution is 2.34. The van der Waals surface area contributed by atoms with Crippen LogP contribution in [0.2, 0.25) is 0 Å². The van der Waals surface area contributed by atoms with Crippen LogP contribution in [0.5, 0.6) is 0 Å². The Balaban J connectivity index is 0.000000909. The van der Waals surface area contributed by atoms with E-state index in [1.807, 2.05) is 0 Å². The second kappa shape index (κ2) is 14.3. The summed E-state index contributed by atoms with van der Waals surface area (Å²) < 4.78 is 38.2. The molecule has 0 fully saturated rings. The summed E-state index contributed by atoms with van der Waals surface area (Å²) in [6, 6.07) is 22.6. The molecule has 0 aliphatic carbocycles. The molecule has 242 valence electrons. The number of hydrogen-bond donors (Lipinski definition) is 0. The van der Waals surface area contributed by atoms with E-state index in [1.165, 1.54) is 82.7 Å². The lowest BCUT2D eigenvalue weighted by Crippen LogP contribution is -3.00. The largest absolute Gasteiger partial charge is 1.00 e. The Morgan fingerprint density at radius 2 is 1.17 bits per heavy atom. The number of halogens is 4. The number of hydrogen-bond acceptors (Lipinski definition) is 1. The molecule has 3 aromatic rings. The molecule has 0 aromatic heterocycles. The summed E-state index contributed by atoms with van der Waals surface area (Å²) in [6.45, 7) is 16.0. The second-order valence-electron chi connectivity index (χ2n) is 14.2. The van der Waals surface area contributed by atoms with Gasteiger partial charge in [0, 0.05) is 29.5 Å². The van der Waals surface area contributed by atoms with E-state index in [0.717, 1.165) is 17.1 Å². The third-order valence-corrected chi connectivity index (χ3v) is 8.73. The number of nitrogens with zero attached hydrogens (tertiary/aromatic N) is 1. The van der Waals surface area contributed by atoms with Gasteiger partial charge in [0.15, 0.2) is 0 Å². The fourth-order valence-corrected chi connectivity index (χ4v) is 6.32. The van der Waals surface area contributed by atoms with E-state index in [4.69, 9.17) is 4.74 Å². The van der Waals surface area contributed by atoms with Crippen molar-refractivity contribution in [2.45, 2.75) is 78.1 Å². The van der Waals surface area contributed by atoms with Crippen molar-refractivity contribution in [3.05, 3.63) is 129 Å². The molecule has 46 heavy (non-hydrogen) atoms. The molecule has 3 aliphatic rings. The van der Waals surface area contributed by atoms with E-state index in [2.05, 4.69) is 131 Å². The summed E-state index contributed by atoms with van der Waals surface area (Å²) in [4.78, 5) is 0. The molecular weight excluding hydrogens is 585 g/mol. The zero-order valence-corrected chi connectivity index (χ0v) is 27.8. The van der Waals surface area contributed by atoms with Crippen molar-refractivity contribution in [3.8, 4) is 0 Å². The van der Waals surface area contributed by atoms with Gasteiger partial charge in [-0.3, -0.25) is 12.9 Å². The topological polar surface area (TPSA) is 12.2 Å². The van der Waals surface area contributed by atoms with E-state index in [0.29, 0.717) is 0 Å². The smallest absolute Gasteiger partial charge is 0.762 e. The predicted octanol–water partition coefficient (Wildman–Crippen LogP) is 5.37. The van der Waals surface area contributed by atoms with Crippen molar-refractivity contribution in [3.63, 3.8) is 0 Å². The lowest BCUT2D eigenvalue weighted by atomic mass is 9.86. The van der Waals surface area contributed by atoms with Gasteiger partial charge in [0.25, 0.3) is 0 Å². The standard InChI is InChI=1S/C39H44NO.BF3.FH/c1-38(2,3)33-16-12-28(13-17-33)32-25-35(41-36(26-32)29-14-18-34(19-15-29)39(4,5)6)20-11-27-23-30-9-7-21-40-22-8-10-31(24-27)37(30)40;2-1(3)4;/h11-20,23-26H,7-10,21-22H2,1-6H3;;1H/q+1;;/p-1. The molecule has 6 rings (SSSR count). The molecule has 0 unspecified atom stereocenters. The van der Waals surface area contributed by atoms with Gasteiger partial charge in [-0.05, 0) is 81.5 Å². The van der Waals surface area contributed by atoms with Crippen LogP contribution in [0.25, 0.3) is 17.4 Å². The van der Waals surface area contributed by atoms with Crippen LogP contribution >= 0.6 is 0 Å². The van der Waals surface area contributed by atoms with Gasteiger partial charge < -0.3 is 9.44 Å². The quantitative estimate of drug-likeness (QED) is 0.216. The SMILES string of the molecule is CC(C)(C)c1ccc(C2=CC(=CC=c3cc4c5c(c3)CCC[N+]=5CCC4)OC(c3ccc(C(C)(C)C)cc3)=C2)cc1.FB(F)F.[F-]. The highest BCUT2D eigenvalue weighted by molar-refractivity contribution is 6.33. The second-order valence-corrected chi connectivity index (χ2v) is 14.2. The maximum atomic E-state index is 9.67. The van der Waals surface area contributed by atoms with E-state index in [1.54, 1.807) is 0 Å². The summed E-state index contributed by atoms with van der Waals surface area (Å²) in [5.74, 6) is 1.75. The van der Waals surface area contributed by atoms with Crippen molar-refractivity contribution >= 4 is 25.0 Å². The minimum atomic E-state index is -3.67. The van der Waals surface area contributed by atoms with Gasteiger partial charge in [-0.25, -0.2) is 4.58 Å². The van der Waals surface area contributed by atoms with E-state index >= 15 is 0 Å². The average Bonchev–Trinajstić information content (AvgIpc) is 2.99. The van der Waals surface area contributed by atoms with Gasteiger partial charge in [-0.15, -0.1) is 0 Å². The summed E-state index contributed by atoms with van der Waals surface area (Å²) in [5.41, 5.74) is 9.40. The predicted molar refractivity (Wildman–Crippen MR) is 182 cm³/mol. The van der Waals surface area contributed by atoms with Gasteiger partial charge in [0.05, 0.1) is 0 Å². The Hall–Kier alpha value is -3.87. The number of ether oxygens (including phenoxy) is 1. The zero-order valence-electron chi connectivity index (χ0n) is 27.8. The van der Waals surface area contributed by atoms with Crippen LogP contribution in [0.15, 0.2) is 84.7 Å². The fraction of sp³-hybridized carbons (Fsp3) is 0.359. The summed E-state index contributed by atoms with van der Waals surface area (Å²) in [6.07, 6.45) is 13.6. The minimum Gasteiger partial charge on any atom is -1.00 e. The molecule has 0 bridgehead atoms. The minimum absolute atomic E-state index is 0. The molecular formula is C39H44BF4NO. The molecule has 3 aromatic carbocycles. The van der Waals surface area contributed by atoms with Crippen LogP contribution in [-0.4, -0.2) is 20.6 Å². The first kappa shape index (κ1) is 35.0. The Labute approximate surface area is 271 Å². The lowest BCUT2D eigenvalue weighted by molar-refractivity contribution is -0.0000133. The number of allylic oxidation sites excluding steroid dienone is 4. The van der Waals surface area contributed by atoms with Gasteiger partial charge in [-0.2, -0.15) is 0 Å². The van der Waals surface area contributed by atoms with Crippen molar-refractivity contribution < 1.29 is 22.4 Å². The van der Waals surface area contributed by atoms with Crippen LogP contribution in [0.4, 0.5) is 12.9 Å². The molecule has 3 heterocycles. The monoisotopic (exact) mass is 629 g/mol. The number of benzene rings is 3. The first-order valence-corrected chi connectivity index (χ1v) is 16.0. The molecule has 0 radical (unpaired) electrons. The molecule has 3 aliphatic heterocycles. The van der Waals surface area contributed by atoms with Crippen LogP contribution < -0.4 is 19.9 Å². The number of rotatable bonds is 3. The van der Waals surface area contributed by atoms with Crippen LogP contribution in [0.1, 0.15) is 87.8 Å². The van der Waals surface area contributed by atoms with Gasteiger partial charge >= 0.3 is 7.54 Å². The molecule has 0 saturated carbocycles. The third-order valence-electron chi connectivity index (χ3n) is 8.73. The molecule has 2 nitrogen and oxygen atoms in total. The van der Waals surface area contributed by atoms with E-state index < -0.39 is 7.54 Å². The average molecular weight is 630 g/mol. The lowest BCUT2D eigenvalue weighted by Gasteiger charge is -2.22. The maximum absolute atomic E-state index is 9.67. The summed E-state index contributed by atoms with van der Waals surface area (Å²) >= 11 is 0.